The highest BCUT2D eigenvalue weighted by molar-refractivity contribution is 5.94. The molecule has 0 aliphatic carbocycles. The summed E-state index contributed by atoms with van der Waals surface area (Å²) in [4.78, 5) is 16.0. The second-order valence-corrected chi connectivity index (χ2v) is 7.06. The Balaban J connectivity index is 1.72. The highest BCUT2D eigenvalue weighted by Gasteiger charge is 2.29. The molecule has 1 aromatic carbocycles. The van der Waals surface area contributed by atoms with E-state index >= 15 is 0 Å². The van der Waals surface area contributed by atoms with Crippen molar-refractivity contribution in [2.75, 3.05) is 24.5 Å². The average Bonchev–Trinajstić information content (AvgIpc) is 2.67. The van der Waals surface area contributed by atoms with Crippen LogP contribution in [0.2, 0.25) is 0 Å². The number of anilines is 1. The van der Waals surface area contributed by atoms with Gasteiger partial charge in [0.2, 0.25) is 5.91 Å². The van der Waals surface area contributed by atoms with Crippen molar-refractivity contribution in [1.29, 1.82) is 0 Å². The number of aliphatic hydroxyl groups is 1. The first-order valence-corrected chi connectivity index (χ1v) is 8.89. The van der Waals surface area contributed by atoms with Gasteiger partial charge in [-0.05, 0) is 56.5 Å². The van der Waals surface area contributed by atoms with Crippen molar-refractivity contribution < 1.29 is 9.90 Å². The van der Waals surface area contributed by atoms with Crippen molar-refractivity contribution in [3.8, 4) is 0 Å². The quantitative estimate of drug-likeness (QED) is 0.932. The van der Waals surface area contributed by atoms with E-state index in [1.165, 1.54) is 31.2 Å². The average molecular weight is 316 g/mol. The van der Waals surface area contributed by atoms with Crippen LogP contribution in [0.3, 0.4) is 0 Å². The lowest BCUT2D eigenvalue weighted by molar-refractivity contribution is -0.116. The molecule has 0 saturated carbocycles. The molecule has 0 aromatic heterocycles. The van der Waals surface area contributed by atoms with Crippen LogP contribution in [-0.2, 0) is 11.2 Å². The maximum atomic E-state index is 11.8. The van der Waals surface area contributed by atoms with Crippen LogP contribution >= 0.6 is 0 Å². The normalized spacial score (nSPS) is 23.4. The van der Waals surface area contributed by atoms with E-state index in [2.05, 4.69) is 17.9 Å². The second kappa shape index (κ2) is 7.02. The Morgan fingerprint density at radius 2 is 1.96 bits per heavy atom. The lowest BCUT2D eigenvalue weighted by atomic mass is 10.0. The van der Waals surface area contributed by atoms with Crippen LogP contribution in [0.5, 0.6) is 0 Å². The van der Waals surface area contributed by atoms with Gasteiger partial charge in [0.05, 0.1) is 6.10 Å². The zero-order valence-corrected chi connectivity index (χ0v) is 14.3. The number of carbonyl (C=O) groups is 1. The number of aliphatic hydroxyl groups excluding tert-OH is 1. The van der Waals surface area contributed by atoms with E-state index in [0.29, 0.717) is 6.54 Å². The summed E-state index contributed by atoms with van der Waals surface area (Å²) in [6, 6.07) is 6.29. The fourth-order valence-electron chi connectivity index (χ4n) is 4.01. The summed E-state index contributed by atoms with van der Waals surface area (Å²) in [5.41, 5.74) is 3.17. The number of hydrogen-bond acceptors (Lipinski definition) is 3. The van der Waals surface area contributed by atoms with Crippen molar-refractivity contribution in [2.24, 2.45) is 0 Å². The lowest BCUT2D eigenvalue weighted by Gasteiger charge is -2.24. The van der Waals surface area contributed by atoms with Crippen molar-refractivity contribution in [3.05, 3.63) is 29.3 Å². The minimum absolute atomic E-state index is 0.0918. The van der Waals surface area contributed by atoms with Gasteiger partial charge in [0.15, 0.2) is 0 Å². The summed E-state index contributed by atoms with van der Waals surface area (Å²) in [6.45, 7) is 6.60. The third-order valence-corrected chi connectivity index (χ3v) is 5.17. The predicted molar refractivity (Wildman–Crippen MR) is 92.6 cm³/mol. The van der Waals surface area contributed by atoms with Gasteiger partial charge in [-0.25, -0.2) is 0 Å². The molecule has 0 bridgehead atoms. The first kappa shape index (κ1) is 16.5. The molecule has 3 rings (SSSR count). The smallest absolute Gasteiger partial charge is 0.224 e. The number of carbonyl (C=O) groups excluding carboxylic acids is 1. The number of likely N-dealkylation sites (tertiary alicyclic amines) is 1. The van der Waals surface area contributed by atoms with Crippen LogP contribution in [0.4, 0.5) is 5.69 Å². The minimum Gasteiger partial charge on any atom is -0.387 e. The Labute approximate surface area is 139 Å². The molecule has 1 saturated heterocycles. The van der Waals surface area contributed by atoms with Crippen LogP contribution in [0.1, 0.15) is 56.8 Å². The molecule has 2 unspecified atom stereocenters. The molecule has 2 aliphatic heterocycles. The Morgan fingerprint density at radius 1 is 1.26 bits per heavy atom. The van der Waals surface area contributed by atoms with Crippen molar-refractivity contribution in [3.63, 3.8) is 0 Å². The summed E-state index contributed by atoms with van der Waals surface area (Å²) in [5, 5.41) is 10.6. The van der Waals surface area contributed by atoms with Gasteiger partial charge in [0.25, 0.3) is 0 Å². The number of β-amino-alcohol motifs (C(OH)–C–C–N with tert-alkyl or cyclic N) is 1. The first-order chi connectivity index (χ1) is 11.1. The summed E-state index contributed by atoms with van der Waals surface area (Å²) < 4.78 is 0. The third kappa shape index (κ3) is 3.59. The highest BCUT2D eigenvalue weighted by Crippen LogP contribution is 2.34. The zero-order valence-electron chi connectivity index (χ0n) is 14.3. The standard InChI is InChI=1S/C19H28N2O2/c1-14-11-17-12-16(7-8-18(17)21(14)15(2)22)19(23)13-20-9-5-3-4-6-10-20/h7-8,12,14,19,23H,3-6,9-11,13H2,1-2H3. The third-order valence-electron chi connectivity index (χ3n) is 5.17. The summed E-state index contributed by atoms with van der Waals surface area (Å²) in [6.07, 6.45) is 5.53. The van der Waals surface area contributed by atoms with Crippen LogP contribution in [0.15, 0.2) is 18.2 Å². The molecule has 2 atom stereocenters. The van der Waals surface area contributed by atoms with Crippen molar-refractivity contribution in [1.82, 2.24) is 4.90 Å². The van der Waals surface area contributed by atoms with Gasteiger partial charge in [-0.15, -0.1) is 0 Å². The molecule has 0 radical (unpaired) electrons. The van der Waals surface area contributed by atoms with Gasteiger partial charge in [-0.2, -0.15) is 0 Å². The van der Waals surface area contributed by atoms with Crippen molar-refractivity contribution >= 4 is 11.6 Å². The van der Waals surface area contributed by atoms with Crippen LogP contribution in [0, 0.1) is 0 Å². The van der Waals surface area contributed by atoms with E-state index in [-0.39, 0.29) is 11.9 Å². The molecule has 1 aromatic rings. The maximum absolute atomic E-state index is 11.8. The number of fused-ring (bicyclic) bond motifs is 1. The fourth-order valence-corrected chi connectivity index (χ4v) is 4.01. The largest absolute Gasteiger partial charge is 0.387 e. The molecule has 2 aliphatic rings. The predicted octanol–water partition coefficient (Wildman–Crippen LogP) is 2.89. The molecule has 4 nitrogen and oxygen atoms in total. The fraction of sp³-hybridized carbons (Fsp3) is 0.632. The highest BCUT2D eigenvalue weighted by atomic mass is 16.3. The summed E-state index contributed by atoms with van der Waals surface area (Å²) in [5.74, 6) is 0.0918. The molecule has 2 heterocycles. The topological polar surface area (TPSA) is 43.8 Å². The van der Waals surface area contributed by atoms with Crippen LogP contribution in [0.25, 0.3) is 0 Å². The second-order valence-electron chi connectivity index (χ2n) is 7.06. The van der Waals surface area contributed by atoms with E-state index in [0.717, 1.165) is 30.8 Å². The van der Waals surface area contributed by atoms with Gasteiger partial charge in [0.1, 0.15) is 0 Å². The van der Waals surface area contributed by atoms with Crippen molar-refractivity contribution in [2.45, 2.75) is 58.1 Å². The van der Waals surface area contributed by atoms with E-state index in [1.807, 2.05) is 17.0 Å². The van der Waals surface area contributed by atoms with Gasteiger partial charge in [-0.1, -0.05) is 25.0 Å². The SMILES string of the molecule is CC(=O)N1c2ccc(C(O)CN3CCCCCC3)cc2CC1C. The van der Waals surface area contributed by atoms with Gasteiger partial charge < -0.3 is 14.9 Å². The van der Waals surface area contributed by atoms with Crippen LogP contribution < -0.4 is 4.90 Å². The van der Waals surface area contributed by atoms with E-state index < -0.39 is 6.10 Å². The number of nitrogens with zero attached hydrogens (tertiary/aromatic N) is 2. The van der Waals surface area contributed by atoms with Gasteiger partial charge >= 0.3 is 0 Å². The van der Waals surface area contributed by atoms with Crippen LogP contribution in [-0.4, -0.2) is 41.6 Å². The molecule has 1 fully saturated rings. The van der Waals surface area contributed by atoms with E-state index in [4.69, 9.17) is 0 Å². The Kier molecular flexibility index (Phi) is 5.02. The number of amides is 1. The number of hydrogen-bond donors (Lipinski definition) is 1. The van der Waals surface area contributed by atoms with E-state index in [1.54, 1.807) is 6.92 Å². The number of rotatable bonds is 3. The molecule has 0 spiro atoms. The summed E-state index contributed by atoms with van der Waals surface area (Å²) in [7, 11) is 0. The number of benzene rings is 1. The molecule has 1 N–H and O–H groups in total. The maximum Gasteiger partial charge on any atom is 0.224 e. The molecular formula is C19H28N2O2. The molecule has 4 heteroatoms. The summed E-state index contributed by atoms with van der Waals surface area (Å²) >= 11 is 0. The monoisotopic (exact) mass is 316 g/mol. The molecule has 1 amide bonds. The van der Waals surface area contributed by atoms with Gasteiger partial charge in [-0.3, -0.25) is 4.79 Å². The molecule has 126 valence electrons. The molecule has 23 heavy (non-hydrogen) atoms. The van der Waals surface area contributed by atoms with E-state index in [9.17, 15) is 9.90 Å². The molecular weight excluding hydrogens is 288 g/mol. The zero-order chi connectivity index (χ0) is 16.4. The first-order valence-electron chi connectivity index (χ1n) is 8.89. The Morgan fingerprint density at radius 3 is 2.61 bits per heavy atom. The van der Waals surface area contributed by atoms with Gasteiger partial charge in [0, 0.05) is 25.2 Å². The Bertz CT molecular complexity index is 564. The minimum atomic E-state index is -0.444. The lowest BCUT2D eigenvalue weighted by Crippen LogP contribution is -2.33. The Hall–Kier alpha value is -1.39.